The van der Waals surface area contributed by atoms with Gasteiger partial charge in [0.25, 0.3) is 0 Å². The molecule has 0 radical (unpaired) electrons. The van der Waals surface area contributed by atoms with Crippen LogP contribution in [0.15, 0.2) is 144 Å². The Morgan fingerprint density at radius 2 is 1.00 bits per heavy atom. The van der Waals surface area contributed by atoms with Gasteiger partial charge in [0.1, 0.15) is 24.3 Å². The molecule has 0 aliphatic heterocycles. The number of anilines is 2. The van der Waals surface area contributed by atoms with Gasteiger partial charge < -0.3 is 10.6 Å². The van der Waals surface area contributed by atoms with E-state index >= 15 is 0 Å². The third-order valence-corrected chi connectivity index (χ3v) is 10.6. The number of hydrogen-bond acceptors (Lipinski definition) is 12. The van der Waals surface area contributed by atoms with Crippen molar-refractivity contribution in [2.45, 2.75) is 35.7 Å². The summed E-state index contributed by atoms with van der Waals surface area (Å²) in [6, 6.07) is 32.6. The zero-order chi connectivity index (χ0) is 39.5. The maximum Gasteiger partial charge on any atom is 0.238 e. The number of benzene rings is 4. The third kappa shape index (κ3) is 8.53. The normalized spacial score (nSPS) is 12.8. The first-order valence-electron chi connectivity index (χ1n) is 17.1. The minimum atomic E-state index is -3.81. The fourth-order valence-corrected chi connectivity index (χ4v) is 6.91. The van der Waals surface area contributed by atoms with Gasteiger partial charge in [-0.15, -0.1) is 0 Å². The van der Waals surface area contributed by atoms with Crippen molar-refractivity contribution in [3.05, 3.63) is 145 Å². The number of nitrogens with zero attached hydrogens (tertiary/aromatic N) is 8. The highest BCUT2D eigenvalue weighted by Gasteiger charge is 2.15. The molecule has 0 saturated carbocycles. The van der Waals surface area contributed by atoms with Gasteiger partial charge in [-0.2, -0.15) is 9.97 Å². The largest absolute Gasteiger partial charge is 0.348 e. The van der Waals surface area contributed by atoms with Crippen molar-refractivity contribution >= 4 is 54.0 Å². The summed E-state index contributed by atoms with van der Waals surface area (Å²) in [5.41, 5.74) is 4.69. The number of hydrogen-bond donors (Lipinski definition) is 4. The Kier molecular flexibility index (Phi) is 10.5. The predicted octanol–water partition coefficient (Wildman–Crippen LogP) is 5.27. The summed E-state index contributed by atoms with van der Waals surface area (Å²) in [6.07, 6.45) is 6.47. The predicted molar refractivity (Wildman–Crippen MR) is 213 cm³/mol. The molecule has 0 amide bonds. The van der Waals surface area contributed by atoms with E-state index in [0.29, 0.717) is 45.6 Å². The number of aromatic nitrogens is 8. The van der Waals surface area contributed by atoms with E-state index in [1.807, 2.05) is 74.5 Å². The summed E-state index contributed by atoms with van der Waals surface area (Å²) >= 11 is 0. The summed E-state index contributed by atoms with van der Waals surface area (Å²) in [6.45, 7) is 4.06. The van der Waals surface area contributed by atoms with E-state index in [4.69, 9.17) is 10.3 Å². The van der Waals surface area contributed by atoms with Crippen LogP contribution in [-0.2, 0) is 20.0 Å². The molecule has 0 aliphatic carbocycles. The Balaban J connectivity index is 0.000000172. The second-order valence-corrected chi connectivity index (χ2v) is 15.8. The first-order chi connectivity index (χ1) is 26.8. The highest BCUT2D eigenvalue weighted by molar-refractivity contribution is 7.89. The fraction of sp³-hybridized carbons (Fsp3) is 0.105. The zero-order valence-corrected chi connectivity index (χ0v) is 31.7. The fourth-order valence-electron chi connectivity index (χ4n) is 5.84. The average Bonchev–Trinajstić information content (AvgIpc) is 3.83. The van der Waals surface area contributed by atoms with Gasteiger partial charge in [-0.1, -0.05) is 60.7 Å². The van der Waals surface area contributed by atoms with Crippen LogP contribution in [0.5, 0.6) is 0 Å². The van der Waals surface area contributed by atoms with Crippen molar-refractivity contribution < 1.29 is 16.8 Å². The molecule has 6 N–H and O–H groups in total. The third-order valence-electron chi connectivity index (χ3n) is 8.76. The molecular weight excluding hydrogens is 753 g/mol. The van der Waals surface area contributed by atoms with E-state index < -0.39 is 20.0 Å². The molecule has 4 aromatic heterocycles. The number of rotatable bonds is 10. The maximum atomic E-state index is 11.7. The molecule has 4 heterocycles. The van der Waals surface area contributed by atoms with Gasteiger partial charge in [-0.25, -0.2) is 47.0 Å². The molecule has 0 fully saturated rings. The monoisotopic (exact) mass is 788 g/mol. The quantitative estimate of drug-likeness (QED) is 0.139. The van der Waals surface area contributed by atoms with Gasteiger partial charge in [0.05, 0.1) is 43.9 Å². The van der Waals surface area contributed by atoms with Gasteiger partial charge in [-0.3, -0.25) is 9.13 Å². The van der Waals surface area contributed by atoms with E-state index in [2.05, 4.69) is 40.5 Å². The lowest BCUT2D eigenvalue weighted by atomic mass is 10.1. The Bertz CT molecular complexity index is 2870. The Labute approximate surface area is 322 Å². The first kappa shape index (κ1) is 37.7. The second-order valence-electron chi connectivity index (χ2n) is 12.7. The maximum absolute atomic E-state index is 11.7. The zero-order valence-electron chi connectivity index (χ0n) is 30.0. The summed E-state index contributed by atoms with van der Waals surface area (Å²) in [7, 11) is -7.59. The van der Waals surface area contributed by atoms with Crippen molar-refractivity contribution in [2.75, 3.05) is 10.6 Å². The van der Waals surface area contributed by atoms with Crippen LogP contribution in [0.4, 0.5) is 11.9 Å². The van der Waals surface area contributed by atoms with Gasteiger partial charge in [0, 0.05) is 12.4 Å². The molecule has 0 saturated heterocycles. The van der Waals surface area contributed by atoms with Crippen molar-refractivity contribution in [1.29, 1.82) is 0 Å². The number of nitrogens with two attached hydrogens (primary N) is 2. The highest BCUT2D eigenvalue weighted by Crippen LogP contribution is 2.24. The standard InChI is InChI=1S/2C19H18N6O2S/c1-13(14-5-3-2-4-6-14)23-19-21-10-9-18(24-19)25-12-22-16-11-15(28(20,26)27)7-8-17(16)25;1-13(14-5-3-2-4-6-14)23-19-21-10-9-18(24-19)25-12-22-16-8-7-15(11-17(16)25)28(20,26)27/h2*2-13H,1H3,(H2,20,26,27)(H,21,23,24)/t2*13-/m00/s1. The van der Waals surface area contributed by atoms with E-state index in [9.17, 15) is 16.8 Å². The van der Waals surface area contributed by atoms with E-state index in [1.165, 1.54) is 24.3 Å². The van der Waals surface area contributed by atoms with Crippen LogP contribution >= 0.6 is 0 Å². The molecule has 4 aromatic carbocycles. The Hall–Kier alpha value is -6.60. The van der Waals surface area contributed by atoms with Crippen molar-refractivity contribution in [3.8, 4) is 11.6 Å². The van der Waals surface area contributed by atoms with Gasteiger partial charge >= 0.3 is 0 Å². The van der Waals surface area contributed by atoms with Crippen molar-refractivity contribution in [3.63, 3.8) is 0 Å². The van der Waals surface area contributed by atoms with Gasteiger partial charge in [0.2, 0.25) is 31.9 Å². The van der Waals surface area contributed by atoms with Crippen LogP contribution in [-0.4, -0.2) is 55.9 Å². The molecule has 8 rings (SSSR count). The highest BCUT2D eigenvalue weighted by atomic mass is 32.2. The molecule has 0 spiro atoms. The molecule has 8 aromatic rings. The molecule has 284 valence electrons. The van der Waals surface area contributed by atoms with Crippen LogP contribution in [0.2, 0.25) is 0 Å². The Morgan fingerprint density at radius 3 is 1.52 bits per heavy atom. The summed E-state index contributed by atoms with van der Waals surface area (Å²) < 4.78 is 49.9. The summed E-state index contributed by atoms with van der Waals surface area (Å²) in [4.78, 5) is 26.3. The molecule has 2 atom stereocenters. The van der Waals surface area contributed by atoms with Gasteiger partial charge in [-0.05, 0) is 73.5 Å². The van der Waals surface area contributed by atoms with E-state index in [0.717, 1.165) is 11.1 Å². The number of imidazole rings is 2. The van der Waals surface area contributed by atoms with E-state index in [1.54, 1.807) is 58.4 Å². The second kappa shape index (κ2) is 15.6. The Morgan fingerprint density at radius 1 is 0.536 bits per heavy atom. The van der Waals surface area contributed by atoms with Crippen LogP contribution in [0.3, 0.4) is 0 Å². The smallest absolute Gasteiger partial charge is 0.238 e. The first-order valence-corrected chi connectivity index (χ1v) is 20.2. The lowest BCUT2D eigenvalue weighted by Gasteiger charge is -2.14. The van der Waals surface area contributed by atoms with Crippen molar-refractivity contribution in [2.24, 2.45) is 10.3 Å². The molecule has 16 nitrogen and oxygen atoms in total. The molecule has 18 heteroatoms. The lowest BCUT2D eigenvalue weighted by molar-refractivity contribution is 0.596. The molecule has 0 bridgehead atoms. The van der Waals surface area contributed by atoms with Crippen LogP contribution in [0, 0.1) is 0 Å². The average molecular weight is 789 g/mol. The van der Waals surface area contributed by atoms with Crippen LogP contribution < -0.4 is 20.9 Å². The minimum absolute atomic E-state index is 0.0185. The minimum Gasteiger partial charge on any atom is -0.348 e. The van der Waals surface area contributed by atoms with Crippen LogP contribution in [0.1, 0.15) is 37.1 Å². The number of nitrogens with one attached hydrogen (secondary N) is 2. The lowest BCUT2D eigenvalue weighted by Crippen LogP contribution is -2.12. The van der Waals surface area contributed by atoms with Crippen LogP contribution in [0.25, 0.3) is 33.7 Å². The topological polar surface area (TPSA) is 232 Å². The molecule has 0 unspecified atom stereocenters. The number of sulfonamides is 2. The number of primary sulfonamides is 2. The summed E-state index contributed by atoms with van der Waals surface area (Å²) in [5.74, 6) is 2.12. The number of fused-ring (bicyclic) bond motifs is 2. The van der Waals surface area contributed by atoms with Gasteiger partial charge in [0.15, 0.2) is 0 Å². The molecular formula is C38H36N12O4S2. The van der Waals surface area contributed by atoms with E-state index in [-0.39, 0.29) is 21.9 Å². The molecule has 56 heavy (non-hydrogen) atoms. The van der Waals surface area contributed by atoms with Crippen molar-refractivity contribution in [1.82, 2.24) is 39.0 Å². The SMILES string of the molecule is C[C@H](Nc1nccc(-n2cnc3cc(S(N)(=O)=O)ccc32)n1)c1ccccc1.C[C@H](Nc1nccc(-n2cnc3ccc(S(N)(=O)=O)cc32)n1)c1ccccc1. The summed E-state index contributed by atoms with van der Waals surface area (Å²) in [5, 5.41) is 17.0. The molecule has 0 aliphatic rings.